The van der Waals surface area contributed by atoms with Crippen molar-refractivity contribution in [3.8, 4) is 0 Å². The quantitative estimate of drug-likeness (QED) is 0.802. The van der Waals surface area contributed by atoms with Crippen LogP contribution in [-0.2, 0) is 20.9 Å². The molecule has 3 atom stereocenters. The van der Waals surface area contributed by atoms with E-state index in [4.69, 9.17) is 9.26 Å². The zero-order chi connectivity index (χ0) is 16.0. The first-order valence-electron chi connectivity index (χ1n) is 7.66. The van der Waals surface area contributed by atoms with Gasteiger partial charge in [-0.1, -0.05) is 11.6 Å². The van der Waals surface area contributed by atoms with Gasteiger partial charge in [0, 0.05) is 12.3 Å². The maximum Gasteiger partial charge on any atom is 0.322 e. The predicted octanol–water partition coefficient (Wildman–Crippen LogP) is 3.19. The molecule has 3 rings (SSSR count). The number of alkyl halides is 2. The van der Waals surface area contributed by atoms with E-state index in [1.807, 2.05) is 0 Å². The summed E-state index contributed by atoms with van der Waals surface area (Å²) in [6.07, 6.45) is 4.87. The van der Waals surface area contributed by atoms with E-state index in [-0.39, 0.29) is 23.2 Å². The Bertz CT molecular complexity index is 569. The first kappa shape index (κ1) is 15.4. The summed E-state index contributed by atoms with van der Waals surface area (Å²) in [6, 6.07) is 0. The third kappa shape index (κ3) is 2.50. The van der Waals surface area contributed by atoms with Crippen LogP contribution in [-0.4, -0.2) is 23.2 Å². The van der Waals surface area contributed by atoms with Crippen molar-refractivity contribution in [1.29, 1.82) is 0 Å². The number of aromatic nitrogens is 2. The molecular weight excluding hydrogens is 294 g/mol. The van der Waals surface area contributed by atoms with Crippen molar-refractivity contribution in [2.75, 3.05) is 7.11 Å². The fourth-order valence-electron chi connectivity index (χ4n) is 4.04. The van der Waals surface area contributed by atoms with Gasteiger partial charge in [0.2, 0.25) is 0 Å². The Morgan fingerprint density at radius 2 is 2.18 bits per heavy atom. The topological polar surface area (TPSA) is 65.2 Å². The van der Waals surface area contributed by atoms with E-state index < -0.39 is 11.8 Å². The second-order valence-electron chi connectivity index (χ2n) is 6.62. The van der Waals surface area contributed by atoms with Crippen molar-refractivity contribution in [2.24, 2.45) is 11.8 Å². The summed E-state index contributed by atoms with van der Waals surface area (Å²) >= 11 is 0. The van der Waals surface area contributed by atoms with Crippen LogP contribution >= 0.6 is 0 Å². The maximum absolute atomic E-state index is 13.3. The summed E-state index contributed by atoms with van der Waals surface area (Å²) in [7, 11) is 1.40. The molecule has 2 aliphatic rings. The minimum Gasteiger partial charge on any atom is -0.469 e. The molecular formula is C15H20F2N2O3. The highest BCUT2D eigenvalue weighted by atomic mass is 19.3. The summed E-state index contributed by atoms with van der Waals surface area (Å²) in [6.45, 7) is 0.750. The normalized spacial score (nSPS) is 31.8. The van der Waals surface area contributed by atoms with Crippen molar-refractivity contribution < 1.29 is 22.8 Å². The largest absolute Gasteiger partial charge is 0.469 e. The Labute approximate surface area is 127 Å². The molecule has 0 spiro atoms. The highest BCUT2D eigenvalue weighted by Crippen LogP contribution is 2.52. The van der Waals surface area contributed by atoms with Crippen molar-refractivity contribution in [2.45, 2.75) is 56.8 Å². The number of hydrogen-bond acceptors (Lipinski definition) is 5. The molecule has 2 saturated carbocycles. The lowest BCUT2D eigenvalue weighted by Gasteiger charge is -2.46. The Kier molecular flexibility index (Phi) is 3.69. The number of ether oxygens (including phenoxy) is 1. The van der Waals surface area contributed by atoms with Crippen LogP contribution in [0, 0.1) is 11.8 Å². The van der Waals surface area contributed by atoms with Gasteiger partial charge in [-0.25, -0.2) is 0 Å². The van der Waals surface area contributed by atoms with Crippen LogP contribution in [0.1, 0.15) is 57.2 Å². The number of carbonyl (C=O) groups excluding carboxylic acids is 1. The van der Waals surface area contributed by atoms with E-state index in [0.29, 0.717) is 18.7 Å². The maximum atomic E-state index is 13.3. The summed E-state index contributed by atoms with van der Waals surface area (Å²) in [5.41, 5.74) is -0.333. The van der Waals surface area contributed by atoms with Crippen molar-refractivity contribution in [3.05, 3.63) is 11.7 Å². The second kappa shape index (κ2) is 5.28. The molecule has 0 N–H and O–H groups in total. The van der Waals surface area contributed by atoms with E-state index in [1.165, 1.54) is 7.11 Å². The Balaban J connectivity index is 1.85. The van der Waals surface area contributed by atoms with E-state index in [1.54, 1.807) is 0 Å². The van der Waals surface area contributed by atoms with Gasteiger partial charge in [-0.3, -0.25) is 4.79 Å². The second-order valence-corrected chi connectivity index (χ2v) is 6.62. The van der Waals surface area contributed by atoms with Crippen molar-refractivity contribution in [3.63, 3.8) is 0 Å². The van der Waals surface area contributed by atoms with Gasteiger partial charge < -0.3 is 9.26 Å². The number of nitrogens with zero attached hydrogens (tertiary/aromatic N) is 2. The molecule has 1 aromatic rings. The fourth-order valence-corrected chi connectivity index (χ4v) is 4.04. The number of hydrogen-bond donors (Lipinski definition) is 0. The number of rotatable bonds is 3. The first-order valence-corrected chi connectivity index (χ1v) is 7.66. The molecule has 1 heterocycles. The van der Waals surface area contributed by atoms with Gasteiger partial charge in [-0.05, 0) is 38.0 Å². The minimum absolute atomic E-state index is 0.0996. The average molecular weight is 314 g/mol. The lowest BCUT2D eigenvalue weighted by Crippen LogP contribution is -2.44. The minimum atomic E-state index is -3.13. The first-order chi connectivity index (χ1) is 10.4. The van der Waals surface area contributed by atoms with E-state index in [0.717, 1.165) is 32.6 Å². The van der Waals surface area contributed by atoms with Crippen molar-refractivity contribution in [1.82, 2.24) is 10.1 Å². The molecule has 22 heavy (non-hydrogen) atoms. The Hall–Kier alpha value is -1.53. The van der Waals surface area contributed by atoms with Gasteiger partial charge in [-0.15, -0.1) is 0 Å². The highest BCUT2D eigenvalue weighted by molar-refractivity contribution is 5.72. The van der Waals surface area contributed by atoms with Crippen molar-refractivity contribution >= 4 is 5.97 Å². The fraction of sp³-hybridized carbons (Fsp3) is 0.800. The van der Waals surface area contributed by atoms with Gasteiger partial charge in [0.25, 0.3) is 5.89 Å². The molecule has 7 heteroatoms. The summed E-state index contributed by atoms with van der Waals surface area (Å²) in [4.78, 5) is 15.8. The van der Waals surface area contributed by atoms with Crippen LogP contribution in [0.25, 0.3) is 0 Å². The SMILES string of the molecule is COC(=O)C1CCC2(c3noc(C(C)(F)F)n3)CCCC1C2. The molecule has 0 aromatic carbocycles. The number of fused-ring (bicyclic) bond motifs is 2. The van der Waals surface area contributed by atoms with Crippen LogP contribution in [0.2, 0.25) is 0 Å². The smallest absolute Gasteiger partial charge is 0.322 e. The number of methoxy groups -OCH3 is 1. The molecule has 0 amide bonds. The number of halogens is 2. The highest BCUT2D eigenvalue weighted by Gasteiger charge is 2.50. The third-order valence-electron chi connectivity index (χ3n) is 5.17. The molecule has 3 unspecified atom stereocenters. The average Bonchev–Trinajstić information content (AvgIpc) is 2.97. The molecule has 0 aliphatic heterocycles. The summed E-state index contributed by atoms with van der Waals surface area (Å²) in [5.74, 6) is -3.45. The van der Waals surface area contributed by atoms with Gasteiger partial charge in [-0.2, -0.15) is 13.8 Å². The summed E-state index contributed by atoms with van der Waals surface area (Å²) in [5, 5.41) is 3.83. The van der Waals surface area contributed by atoms with E-state index in [2.05, 4.69) is 10.1 Å². The predicted molar refractivity (Wildman–Crippen MR) is 72.2 cm³/mol. The monoisotopic (exact) mass is 314 g/mol. The Morgan fingerprint density at radius 1 is 1.41 bits per heavy atom. The van der Waals surface area contributed by atoms with Gasteiger partial charge in [0.15, 0.2) is 5.82 Å². The van der Waals surface area contributed by atoms with Gasteiger partial charge in [0.05, 0.1) is 13.0 Å². The van der Waals surface area contributed by atoms with Crippen LogP contribution in [0.4, 0.5) is 8.78 Å². The molecule has 2 aliphatic carbocycles. The van der Waals surface area contributed by atoms with Crippen LogP contribution in [0.5, 0.6) is 0 Å². The van der Waals surface area contributed by atoms with Gasteiger partial charge >= 0.3 is 11.9 Å². The molecule has 0 radical (unpaired) electrons. The Morgan fingerprint density at radius 3 is 2.82 bits per heavy atom. The third-order valence-corrected chi connectivity index (χ3v) is 5.17. The van der Waals surface area contributed by atoms with E-state index >= 15 is 0 Å². The standard InChI is InChI=1S/C15H20F2N2O3/c1-14(16,17)13-18-12(19-22-13)15-6-3-4-9(8-15)10(5-7-15)11(20)21-2/h9-10H,3-8H2,1-2H3. The van der Waals surface area contributed by atoms with Crippen LogP contribution < -0.4 is 0 Å². The molecule has 5 nitrogen and oxygen atoms in total. The lowest BCUT2D eigenvalue weighted by atomic mass is 9.58. The molecule has 122 valence electrons. The molecule has 0 saturated heterocycles. The summed E-state index contributed by atoms with van der Waals surface area (Å²) < 4.78 is 36.3. The van der Waals surface area contributed by atoms with E-state index in [9.17, 15) is 13.6 Å². The number of esters is 1. The zero-order valence-corrected chi connectivity index (χ0v) is 12.8. The molecule has 2 bridgehead atoms. The van der Waals surface area contributed by atoms with Gasteiger partial charge in [0.1, 0.15) is 0 Å². The van der Waals surface area contributed by atoms with Crippen LogP contribution in [0.15, 0.2) is 4.52 Å². The molecule has 2 fully saturated rings. The zero-order valence-electron chi connectivity index (χ0n) is 12.8. The molecule has 1 aromatic heterocycles. The van der Waals surface area contributed by atoms with Crippen LogP contribution in [0.3, 0.4) is 0 Å². The lowest BCUT2D eigenvalue weighted by molar-refractivity contribution is -0.150. The number of carbonyl (C=O) groups is 1.